The van der Waals surface area contributed by atoms with Gasteiger partial charge in [-0.25, -0.2) is 4.99 Å². The Kier molecular flexibility index (Phi) is 2.89. The number of carbonyl (C=O) groups is 1. The third-order valence-corrected chi connectivity index (χ3v) is 3.29. The van der Waals surface area contributed by atoms with Gasteiger partial charge in [0, 0.05) is 18.6 Å². The molecular formula is C12H22N4O. The zero-order valence-corrected chi connectivity index (χ0v) is 11.1. The molecular weight excluding hydrogens is 216 g/mol. The summed E-state index contributed by atoms with van der Waals surface area (Å²) in [5.41, 5.74) is -0.594. The number of nitrogens with one attached hydrogen (secondary N) is 2. The molecule has 1 fully saturated rings. The number of rotatable bonds is 0. The van der Waals surface area contributed by atoms with Crippen LogP contribution in [0, 0.1) is 0 Å². The van der Waals surface area contributed by atoms with E-state index in [1.165, 1.54) is 0 Å². The van der Waals surface area contributed by atoms with Crippen molar-refractivity contribution in [3.63, 3.8) is 0 Å². The SMILES string of the molecule is CN1CCC2(CC1)N=C(NC(C)(C)C)NC2=O. The molecule has 17 heavy (non-hydrogen) atoms. The van der Waals surface area contributed by atoms with E-state index in [1.54, 1.807) is 0 Å². The van der Waals surface area contributed by atoms with Gasteiger partial charge in [-0.2, -0.15) is 0 Å². The molecule has 0 unspecified atom stereocenters. The molecule has 1 spiro atoms. The van der Waals surface area contributed by atoms with Gasteiger partial charge in [-0.1, -0.05) is 0 Å². The first kappa shape index (κ1) is 12.4. The van der Waals surface area contributed by atoms with Crippen molar-refractivity contribution < 1.29 is 4.79 Å². The van der Waals surface area contributed by atoms with Crippen molar-refractivity contribution in [3.05, 3.63) is 0 Å². The van der Waals surface area contributed by atoms with Gasteiger partial charge in [0.25, 0.3) is 5.91 Å². The zero-order valence-electron chi connectivity index (χ0n) is 11.1. The van der Waals surface area contributed by atoms with Crippen LogP contribution < -0.4 is 10.6 Å². The van der Waals surface area contributed by atoms with Gasteiger partial charge >= 0.3 is 0 Å². The fourth-order valence-corrected chi connectivity index (χ4v) is 2.26. The predicted octanol–water partition coefficient (Wildman–Crippen LogP) is 0.325. The van der Waals surface area contributed by atoms with Crippen LogP contribution in [0.3, 0.4) is 0 Å². The minimum Gasteiger partial charge on any atom is -0.351 e. The summed E-state index contributed by atoms with van der Waals surface area (Å²) < 4.78 is 0. The molecule has 0 aliphatic carbocycles. The van der Waals surface area contributed by atoms with Crippen LogP contribution in [0.1, 0.15) is 33.6 Å². The van der Waals surface area contributed by atoms with Gasteiger partial charge in [-0.05, 0) is 40.7 Å². The van der Waals surface area contributed by atoms with E-state index in [-0.39, 0.29) is 11.4 Å². The second-order valence-electron chi connectivity index (χ2n) is 6.12. The molecule has 5 nitrogen and oxygen atoms in total. The van der Waals surface area contributed by atoms with Crippen molar-refractivity contribution in [2.75, 3.05) is 20.1 Å². The van der Waals surface area contributed by atoms with E-state index in [4.69, 9.17) is 0 Å². The van der Waals surface area contributed by atoms with Crippen molar-refractivity contribution in [3.8, 4) is 0 Å². The number of carbonyl (C=O) groups excluding carboxylic acids is 1. The molecule has 0 radical (unpaired) electrons. The molecule has 0 aromatic carbocycles. The summed E-state index contributed by atoms with van der Waals surface area (Å²) in [5.74, 6) is 0.685. The predicted molar refractivity (Wildman–Crippen MR) is 67.9 cm³/mol. The van der Waals surface area contributed by atoms with Crippen molar-refractivity contribution in [2.24, 2.45) is 4.99 Å². The van der Waals surface area contributed by atoms with Crippen LogP contribution >= 0.6 is 0 Å². The Morgan fingerprint density at radius 1 is 1.35 bits per heavy atom. The summed E-state index contributed by atoms with van der Waals surface area (Å²) in [6.45, 7) is 8.03. The lowest BCUT2D eigenvalue weighted by Gasteiger charge is -2.33. The number of amides is 1. The van der Waals surface area contributed by atoms with Gasteiger partial charge < -0.3 is 10.2 Å². The first-order valence-corrected chi connectivity index (χ1v) is 6.19. The summed E-state index contributed by atoms with van der Waals surface area (Å²) in [6, 6.07) is 0. The summed E-state index contributed by atoms with van der Waals surface area (Å²) >= 11 is 0. The highest BCUT2D eigenvalue weighted by Gasteiger charge is 2.45. The smallest absolute Gasteiger partial charge is 0.254 e. The first-order valence-electron chi connectivity index (χ1n) is 6.19. The van der Waals surface area contributed by atoms with Crippen molar-refractivity contribution in [1.29, 1.82) is 0 Å². The third kappa shape index (κ3) is 2.60. The highest BCUT2D eigenvalue weighted by atomic mass is 16.2. The molecule has 1 amide bonds. The number of aliphatic imine (C=N–C) groups is 1. The molecule has 0 atom stereocenters. The van der Waals surface area contributed by atoms with Gasteiger partial charge in [0.15, 0.2) is 5.96 Å². The van der Waals surface area contributed by atoms with Crippen molar-refractivity contribution >= 4 is 11.9 Å². The Bertz CT molecular complexity index is 348. The van der Waals surface area contributed by atoms with Crippen LogP contribution in [0.25, 0.3) is 0 Å². The van der Waals surface area contributed by atoms with E-state index in [0.717, 1.165) is 25.9 Å². The lowest BCUT2D eigenvalue weighted by molar-refractivity contribution is -0.125. The molecule has 2 rings (SSSR count). The van der Waals surface area contributed by atoms with Gasteiger partial charge in [0.2, 0.25) is 0 Å². The second kappa shape index (κ2) is 3.98. The lowest BCUT2D eigenvalue weighted by atomic mass is 9.88. The fraction of sp³-hybridized carbons (Fsp3) is 0.833. The van der Waals surface area contributed by atoms with E-state index < -0.39 is 5.54 Å². The van der Waals surface area contributed by atoms with E-state index in [1.807, 2.05) is 0 Å². The maximum atomic E-state index is 12.1. The number of guanidine groups is 1. The summed E-state index contributed by atoms with van der Waals surface area (Å²) in [4.78, 5) is 18.9. The molecule has 2 aliphatic heterocycles. The molecule has 1 saturated heterocycles. The van der Waals surface area contributed by atoms with Gasteiger partial charge in [0.05, 0.1) is 0 Å². The highest BCUT2D eigenvalue weighted by molar-refractivity contribution is 6.07. The molecule has 0 bridgehead atoms. The highest BCUT2D eigenvalue weighted by Crippen LogP contribution is 2.29. The first-order chi connectivity index (χ1) is 7.81. The fourth-order valence-electron chi connectivity index (χ4n) is 2.26. The Morgan fingerprint density at radius 2 is 1.94 bits per heavy atom. The van der Waals surface area contributed by atoms with Gasteiger partial charge in [-0.15, -0.1) is 0 Å². The Hall–Kier alpha value is -1.10. The van der Waals surface area contributed by atoms with Crippen LogP contribution in [-0.2, 0) is 4.79 Å². The van der Waals surface area contributed by atoms with E-state index >= 15 is 0 Å². The van der Waals surface area contributed by atoms with Crippen molar-refractivity contribution in [2.45, 2.75) is 44.7 Å². The molecule has 2 heterocycles. The Morgan fingerprint density at radius 3 is 2.47 bits per heavy atom. The minimum absolute atomic E-state index is 0.0531. The number of likely N-dealkylation sites (tertiary alicyclic amines) is 1. The van der Waals surface area contributed by atoms with Crippen LogP contribution in [0.15, 0.2) is 4.99 Å². The van der Waals surface area contributed by atoms with E-state index in [2.05, 4.69) is 48.3 Å². The molecule has 0 aromatic rings. The molecule has 0 aromatic heterocycles. The van der Waals surface area contributed by atoms with Crippen molar-refractivity contribution in [1.82, 2.24) is 15.5 Å². The third-order valence-electron chi connectivity index (χ3n) is 3.29. The quantitative estimate of drug-likeness (QED) is 0.639. The molecule has 5 heteroatoms. The monoisotopic (exact) mass is 238 g/mol. The second-order valence-corrected chi connectivity index (χ2v) is 6.12. The summed E-state index contributed by atoms with van der Waals surface area (Å²) in [6.07, 6.45) is 1.62. The largest absolute Gasteiger partial charge is 0.351 e. The minimum atomic E-state index is -0.514. The van der Waals surface area contributed by atoms with E-state index in [0.29, 0.717) is 5.96 Å². The molecule has 96 valence electrons. The molecule has 2 N–H and O–H groups in total. The average molecular weight is 238 g/mol. The van der Waals surface area contributed by atoms with E-state index in [9.17, 15) is 4.79 Å². The Labute approximate surface area is 103 Å². The lowest BCUT2D eigenvalue weighted by Crippen LogP contribution is -2.49. The average Bonchev–Trinajstić information content (AvgIpc) is 2.46. The van der Waals surface area contributed by atoms with Crippen LogP contribution in [0.2, 0.25) is 0 Å². The number of piperidine rings is 1. The Balaban J connectivity index is 2.11. The van der Waals surface area contributed by atoms with Crippen LogP contribution in [0.5, 0.6) is 0 Å². The number of nitrogens with zero attached hydrogens (tertiary/aromatic N) is 2. The number of hydrogen-bond donors (Lipinski definition) is 2. The van der Waals surface area contributed by atoms with Gasteiger partial charge in [0.1, 0.15) is 5.54 Å². The topological polar surface area (TPSA) is 56.7 Å². The maximum Gasteiger partial charge on any atom is 0.254 e. The number of hydrogen-bond acceptors (Lipinski definition) is 4. The molecule has 2 aliphatic rings. The zero-order chi connectivity index (χ0) is 12.7. The standard InChI is InChI=1S/C12H22N4O/c1-11(2,3)14-10-13-9(17)12(15-10)5-7-16(4)8-6-12/h5-8H2,1-4H3,(H2,13,14,15,17). The normalized spacial score (nSPS) is 24.7. The summed E-state index contributed by atoms with van der Waals surface area (Å²) in [5, 5.41) is 6.10. The van der Waals surface area contributed by atoms with Gasteiger partial charge in [-0.3, -0.25) is 10.1 Å². The van der Waals surface area contributed by atoms with Crippen LogP contribution in [0.4, 0.5) is 0 Å². The van der Waals surface area contributed by atoms with Crippen LogP contribution in [-0.4, -0.2) is 48.0 Å². The maximum absolute atomic E-state index is 12.1. The summed E-state index contributed by atoms with van der Waals surface area (Å²) in [7, 11) is 2.08. The molecule has 0 saturated carbocycles.